The van der Waals surface area contributed by atoms with Gasteiger partial charge in [0.05, 0.1) is 11.4 Å². The Morgan fingerprint density at radius 2 is 1.90 bits per heavy atom. The Hall–Kier alpha value is -2.23. The molecule has 21 heavy (non-hydrogen) atoms. The molecule has 0 unspecified atom stereocenters. The number of carbonyl (C=O) groups is 1. The quantitative estimate of drug-likeness (QED) is 0.825. The summed E-state index contributed by atoms with van der Waals surface area (Å²) < 4.78 is 5.20. The third-order valence-electron chi connectivity index (χ3n) is 3.68. The van der Waals surface area contributed by atoms with Gasteiger partial charge in [0, 0.05) is 7.05 Å². The molecule has 0 heterocycles. The summed E-state index contributed by atoms with van der Waals surface area (Å²) in [6.45, 7) is 4.27. The monoisotopic (exact) mass is 284 g/mol. The predicted molar refractivity (Wildman–Crippen MR) is 85.0 cm³/mol. The Balaban J connectivity index is 2.10. The number of aliphatic imine (C=N–C) groups is 2. The van der Waals surface area contributed by atoms with Crippen molar-refractivity contribution in [2.24, 2.45) is 9.98 Å². The highest BCUT2D eigenvalue weighted by atomic mass is 16.5. The Labute approximate surface area is 125 Å². The highest BCUT2D eigenvalue weighted by Crippen LogP contribution is 2.21. The zero-order chi connectivity index (χ0) is 15.2. The molecule has 0 spiro atoms. The highest BCUT2D eigenvalue weighted by molar-refractivity contribution is 6.50. The minimum Gasteiger partial charge on any atom is -0.443 e. The predicted octanol–water partition coefficient (Wildman–Crippen LogP) is 3.97. The number of amides is 1. The Morgan fingerprint density at radius 1 is 1.19 bits per heavy atom. The van der Waals surface area contributed by atoms with Crippen LogP contribution in [0.3, 0.4) is 0 Å². The Kier molecular flexibility index (Phi) is 5.04. The Morgan fingerprint density at radius 3 is 2.57 bits per heavy atom. The van der Waals surface area contributed by atoms with Crippen LogP contribution in [0.1, 0.15) is 32.3 Å². The topological polar surface area (TPSA) is 51.0 Å². The van der Waals surface area contributed by atoms with Gasteiger partial charge >= 0.3 is 6.09 Å². The zero-order valence-electron chi connectivity index (χ0n) is 12.7. The van der Waals surface area contributed by atoms with Crippen LogP contribution in [0.4, 0.5) is 4.79 Å². The molecule has 0 radical (unpaired) electrons. The maximum absolute atomic E-state index is 11.9. The molecule has 1 aliphatic rings. The van der Waals surface area contributed by atoms with Crippen molar-refractivity contribution in [2.45, 2.75) is 33.3 Å². The summed E-state index contributed by atoms with van der Waals surface area (Å²) in [5.41, 5.74) is 4.76. The SMILES string of the molecule is C/N=C1\CCC(C)=C(C)\C1=N/C(=O)OCc1ccccc1. The second-order valence-corrected chi connectivity index (χ2v) is 5.08. The van der Waals surface area contributed by atoms with Crippen LogP contribution in [0, 0.1) is 0 Å². The molecule has 0 bridgehead atoms. The summed E-state index contributed by atoms with van der Waals surface area (Å²) in [4.78, 5) is 20.2. The number of carbonyl (C=O) groups excluding carboxylic acids is 1. The van der Waals surface area contributed by atoms with Crippen molar-refractivity contribution >= 4 is 17.5 Å². The molecule has 1 aromatic rings. The van der Waals surface area contributed by atoms with E-state index in [1.165, 1.54) is 5.57 Å². The number of ether oxygens (including phenoxy) is 1. The first-order valence-corrected chi connectivity index (χ1v) is 7.04. The largest absolute Gasteiger partial charge is 0.443 e. The van der Waals surface area contributed by atoms with Gasteiger partial charge in [-0.2, -0.15) is 4.99 Å². The van der Waals surface area contributed by atoms with E-state index in [4.69, 9.17) is 4.74 Å². The molecule has 4 heteroatoms. The van der Waals surface area contributed by atoms with Crippen LogP contribution in [-0.2, 0) is 11.3 Å². The molecule has 0 saturated carbocycles. The lowest BCUT2D eigenvalue weighted by Gasteiger charge is -2.18. The van der Waals surface area contributed by atoms with E-state index in [9.17, 15) is 4.79 Å². The highest BCUT2D eigenvalue weighted by Gasteiger charge is 2.20. The fraction of sp³-hybridized carbons (Fsp3) is 0.353. The van der Waals surface area contributed by atoms with Crippen LogP contribution in [0.5, 0.6) is 0 Å². The number of hydrogen-bond donors (Lipinski definition) is 0. The lowest BCUT2D eigenvalue weighted by Crippen LogP contribution is -2.23. The molecular weight excluding hydrogens is 264 g/mol. The summed E-state index contributed by atoms with van der Waals surface area (Å²) in [7, 11) is 1.73. The van der Waals surface area contributed by atoms with Gasteiger partial charge in [-0.15, -0.1) is 0 Å². The van der Waals surface area contributed by atoms with Crippen molar-refractivity contribution in [1.29, 1.82) is 0 Å². The van der Waals surface area contributed by atoms with Gasteiger partial charge in [-0.3, -0.25) is 4.99 Å². The lowest BCUT2D eigenvalue weighted by atomic mass is 9.90. The third-order valence-corrected chi connectivity index (χ3v) is 3.68. The summed E-state index contributed by atoms with van der Waals surface area (Å²) >= 11 is 0. The van der Waals surface area contributed by atoms with Crippen LogP contribution < -0.4 is 0 Å². The Bertz CT molecular complexity index is 613. The molecule has 110 valence electrons. The number of nitrogens with zero attached hydrogens (tertiary/aromatic N) is 2. The van der Waals surface area contributed by atoms with Crippen LogP contribution in [0.15, 0.2) is 51.5 Å². The lowest BCUT2D eigenvalue weighted by molar-refractivity contribution is 0.151. The first-order valence-electron chi connectivity index (χ1n) is 7.04. The first kappa shape index (κ1) is 15.2. The van der Waals surface area contributed by atoms with Crippen LogP contribution in [0.2, 0.25) is 0 Å². The van der Waals surface area contributed by atoms with E-state index < -0.39 is 6.09 Å². The summed E-state index contributed by atoms with van der Waals surface area (Å²) in [6.07, 6.45) is 1.23. The van der Waals surface area contributed by atoms with Gasteiger partial charge in [0.2, 0.25) is 0 Å². The van der Waals surface area contributed by atoms with Crippen molar-refractivity contribution < 1.29 is 9.53 Å². The number of hydrogen-bond acceptors (Lipinski definition) is 3. The molecule has 0 fully saturated rings. The number of benzene rings is 1. The minimum atomic E-state index is -0.566. The molecule has 0 aliphatic heterocycles. The van der Waals surface area contributed by atoms with Crippen molar-refractivity contribution in [1.82, 2.24) is 0 Å². The van der Waals surface area contributed by atoms with E-state index in [0.29, 0.717) is 5.71 Å². The minimum absolute atomic E-state index is 0.233. The van der Waals surface area contributed by atoms with E-state index >= 15 is 0 Å². The van der Waals surface area contributed by atoms with Gasteiger partial charge in [-0.05, 0) is 37.8 Å². The van der Waals surface area contributed by atoms with Crippen LogP contribution in [0.25, 0.3) is 0 Å². The molecule has 0 saturated heterocycles. The van der Waals surface area contributed by atoms with Gasteiger partial charge in [0.25, 0.3) is 0 Å². The maximum Gasteiger partial charge on any atom is 0.434 e. The summed E-state index contributed by atoms with van der Waals surface area (Å²) in [6, 6.07) is 9.57. The molecule has 1 amide bonds. The van der Waals surface area contributed by atoms with Gasteiger partial charge in [0.1, 0.15) is 6.61 Å². The standard InChI is InChI=1S/C17H20N2O2/c1-12-9-10-15(18-3)16(13(12)2)19-17(20)21-11-14-7-5-4-6-8-14/h4-8H,9-11H2,1-3H3/b18-15+,19-16+. The van der Waals surface area contributed by atoms with E-state index in [0.717, 1.165) is 29.7 Å². The number of rotatable bonds is 2. The van der Waals surface area contributed by atoms with Crippen molar-refractivity contribution in [3.05, 3.63) is 47.0 Å². The van der Waals surface area contributed by atoms with Crippen LogP contribution in [-0.4, -0.2) is 24.6 Å². The average molecular weight is 284 g/mol. The summed E-state index contributed by atoms with van der Waals surface area (Å²) in [5.74, 6) is 0. The first-order chi connectivity index (χ1) is 10.1. The molecule has 1 aliphatic carbocycles. The van der Waals surface area contributed by atoms with Crippen molar-refractivity contribution in [3.8, 4) is 0 Å². The molecule has 0 N–H and O–H groups in total. The van der Waals surface area contributed by atoms with E-state index in [1.54, 1.807) is 7.05 Å². The fourth-order valence-corrected chi connectivity index (χ4v) is 2.24. The van der Waals surface area contributed by atoms with Gasteiger partial charge in [-0.1, -0.05) is 35.9 Å². The molecule has 2 rings (SSSR count). The van der Waals surface area contributed by atoms with Gasteiger partial charge in [-0.25, -0.2) is 4.79 Å². The fourth-order valence-electron chi connectivity index (χ4n) is 2.24. The molecular formula is C17H20N2O2. The molecule has 0 atom stereocenters. The van der Waals surface area contributed by atoms with E-state index in [2.05, 4.69) is 16.9 Å². The van der Waals surface area contributed by atoms with Gasteiger partial charge < -0.3 is 4.74 Å². The van der Waals surface area contributed by atoms with Gasteiger partial charge in [0.15, 0.2) is 0 Å². The number of allylic oxidation sites excluding steroid dienone is 2. The van der Waals surface area contributed by atoms with E-state index in [1.807, 2.05) is 37.3 Å². The summed E-state index contributed by atoms with van der Waals surface area (Å²) in [5, 5.41) is 0. The van der Waals surface area contributed by atoms with E-state index in [-0.39, 0.29) is 6.61 Å². The molecule has 1 aromatic carbocycles. The normalized spacial score (nSPS) is 19.2. The third kappa shape index (κ3) is 3.88. The second kappa shape index (κ2) is 6.97. The van der Waals surface area contributed by atoms with Crippen molar-refractivity contribution in [2.75, 3.05) is 7.05 Å². The second-order valence-electron chi connectivity index (χ2n) is 5.08. The zero-order valence-corrected chi connectivity index (χ0v) is 12.7. The van der Waals surface area contributed by atoms with Crippen molar-refractivity contribution in [3.63, 3.8) is 0 Å². The average Bonchev–Trinajstić information content (AvgIpc) is 2.51. The smallest absolute Gasteiger partial charge is 0.434 e. The van der Waals surface area contributed by atoms with Crippen LogP contribution >= 0.6 is 0 Å². The maximum atomic E-state index is 11.9. The molecule has 4 nitrogen and oxygen atoms in total. The molecule has 0 aromatic heterocycles.